The molecular formula is C22H31ClN4O6S2. The Kier molecular flexibility index (Phi) is 10.1. The summed E-state index contributed by atoms with van der Waals surface area (Å²) in [6.45, 7) is 3.38. The smallest absolute Gasteiger partial charge is 0.246 e. The quantitative estimate of drug-likeness (QED) is 0.432. The maximum atomic E-state index is 13.0. The molecule has 2 aliphatic rings. The monoisotopic (exact) mass is 546 g/mol. The molecule has 35 heavy (non-hydrogen) atoms. The summed E-state index contributed by atoms with van der Waals surface area (Å²) < 4.78 is 33.0. The molecule has 2 aliphatic heterocycles. The molecule has 2 fully saturated rings. The van der Waals surface area contributed by atoms with E-state index in [2.05, 4.69) is 10.0 Å². The molecule has 194 valence electrons. The second-order valence-electron chi connectivity index (χ2n) is 8.39. The van der Waals surface area contributed by atoms with Gasteiger partial charge in [0.15, 0.2) is 0 Å². The van der Waals surface area contributed by atoms with Crippen LogP contribution in [0.5, 0.6) is 0 Å². The molecule has 2 N–H and O–H groups in total. The van der Waals surface area contributed by atoms with Gasteiger partial charge in [-0.25, -0.2) is 8.42 Å². The lowest BCUT2D eigenvalue weighted by Crippen LogP contribution is -2.55. The second kappa shape index (κ2) is 12.8. The molecule has 10 nitrogen and oxygen atoms in total. The maximum absolute atomic E-state index is 13.0. The standard InChI is InChI=1S/C22H31ClN4O6S2/c1-2-33-15-20(28)24-13-16-5-3-11-27(16)21(29)14-26-10-4-6-18(22(26)30)25-35(31,32)12-9-17-7-8-19(23)34-17/h7-9,12,16,18,25H,2-6,10-11,13-15H2,1H3,(H,24,28)/b12-9+/t16-,18+/m1/s1. The van der Waals surface area contributed by atoms with E-state index in [0.29, 0.717) is 48.3 Å². The van der Waals surface area contributed by atoms with E-state index in [1.807, 2.05) is 0 Å². The molecule has 1 aromatic heterocycles. The molecule has 0 radical (unpaired) electrons. The van der Waals surface area contributed by atoms with Crippen LogP contribution in [-0.2, 0) is 29.1 Å². The predicted octanol–water partition coefficient (Wildman–Crippen LogP) is 1.43. The summed E-state index contributed by atoms with van der Waals surface area (Å²) in [7, 11) is -3.86. The average Bonchev–Trinajstić information content (AvgIpc) is 3.46. The lowest BCUT2D eigenvalue weighted by molar-refractivity contribution is -0.143. The number of ether oxygens (including phenoxy) is 1. The summed E-state index contributed by atoms with van der Waals surface area (Å²) in [6, 6.07) is 2.31. The van der Waals surface area contributed by atoms with Gasteiger partial charge in [0.1, 0.15) is 12.6 Å². The van der Waals surface area contributed by atoms with E-state index in [1.54, 1.807) is 24.0 Å². The van der Waals surface area contributed by atoms with Crippen molar-refractivity contribution in [2.75, 3.05) is 39.4 Å². The molecule has 0 aromatic carbocycles. The molecule has 0 bridgehead atoms. The van der Waals surface area contributed by atoms with E-state index in [1.165, 1.54) is 22.3 Å². The zero-order valence-corrected chi connectivity index (χ0v) is 22.0. The van der Waals surface area contributed by atoms with Crippen LogP contribution in [0, 0.1) is 0 Å². The van der Waals surface area contributed by atoms with E-state index in [0.717, 1.165) is 18.2 Å². The molecule has 3 rings (SSSR count). The van der Waals surface area contributed by atoms with E-state index < -0.39 is 22.0 Å². The molecule has 0 saturated carbocycles. The lowest BCUT2D eigenvalue weighted by atomic mass is 10.1. The number of halogens is 1. The fraction of sp³-hybridized carbons (Fsp3) is 0.591. The number of carbonyl (C=O) groups is 3. The summed E-state index contributed by atoms with van der Waals surface area (Å²) >= 11 is 7.11. The van der Waals surface area contributed by atoms with Gasteiger partial charge in [-0.05, 0) is 50.8 Å². The van der Waals surface area contributed by atoms with Crippen LogP contribution in [0.2, 0.25) is 4.34 Å². The number of nitrogens with one attached hydrogen (secondary N) is 2. The fourth-order valence-corrected chi connectivity index (χ4v) is 6.20. The van der Waals surface area contributed by atoms with Crippen molar-refractivity contribution in [3.63, 3.8) is 0 Å². The van der Waals surface area contributed by atoms with Crippen molar-refractivity contribution >= 4 is 56.8 Å². The van der Waals surface area contributed by atoms with E-state index in [9.17, 15) is 22.8 Å². The highest BCUT2D eigenvalue weighted by molar-refractivity contribution is 7.92. The number of piperidine rings is 1. The summed E-state index contributed by atoms with van der Waals surface area (Å²) in [5, 5.41) is 3.80. The first-order valence-electron chi connectivity index (χ1n) is 11.6. The zero-order chi connectivity index (χ0) is 25.4. The Morgan fingerprint density at radius 3 is 2.74 bits per heavy atom. The van der Waals surface area contributed by atoms with Crippen molar-refractivity contribution in [2.24, 2.45) is 0 Å². The Labute approximate surface area is 214 Å². The number of hydrogen-bond donors (Lipinski definition) is 2. The number of thiophene rings is 1. The average molecular weight is 547 g/mol. The Morgan fingerprint density at radius 1 is 1.26 bits per heavy atom. The molecule has 0 aliphatic carbocycles. The van der Waals surface area contributed by atoms with Crippen LogP contribution < -0.4 is 10.0 Å². The van der Waals surface area contributed by atoms with Crippen molar-refractivity contribution in [3.8, 4) is 0 Å². The highest BCUT2D eigenvalue weighted by atomic mass is 35.5. The lowest BCUT2D eigenvalue weighted by Gasteiger charge is -2.34. The van der Waals surface area contributed by atoms with E-state index in [-0.39, 0.29) is 31.0 Å². The Balaban J connectivity index is 1.53. The number of rotatable bonds is 11. The molecule has 2 atom stereocenters. The first-order valence-corrected chi connectivity index (χ1v) is 14.3. The highest BCUT2D eigenvalue weighted by Crippen LogP contribution is 2.23. The van der Waals surface area contributed by atoms with Gasteiger partial charge in [0, 0.05) is 42.6 Å². The summed E-state index contributed by atoms with van der Waals surface area (Å²) in [5.41, 5.74) is 0. The van der Waals surface area contributed by atoms with Crippen LogP contribution in [-0.4, -0.2) is 87.4 Å². The van der Waals surface area contributed by atoms with Gasteiger partial charge in [-0.3, -0.25) is 14.4 Å². The maximum Gasteiger partial charge on any atom is 0.246 e. The molecule has 2 saturated heterocycles. The third-order valence-corrected chi connectivity index (χ3v) is 8.14. The van der Waals surface area contributed by atoms with Gasteiger partial charge >= 0.3 is 0 Å². The van der Waals surface area contributed by atoms with Gasteiger partial charge in [0.2, 0.25) is 27.7 Å². The van der Waals surface area contributed by atoms with Crippen LogP contribution in [0.3, 0.4) is 0 Å². The molecule has 0 spiro atoms. The molecule has 13 heteroatoms. The minimum atomic E-state index is -3.86. The number of hydrogen-bond acceptors (Lipinski definition) is 7. The van der Waals surface area contributed by atoms with Crippen molar-refractivity contribution < 1.29 is 27.5 Å². The Hall–Kier alpha value is -1.99. The largest absolute Gasteiger partial charge is 0.372 e. The number of sulfonamides is 1. The Bertz CT molecular complexity index is 1040. The second-order valence-corrected chi connectivity index (χ2v) is 11.7. The summed E-state index contributed by atoms with van der Waals surface area (Å²) in [5.74, 6) is -0.858. The number of carbonyl (C=O) groups excluding carboxylic acids is 3. The molecule has 1 aromatic rings. The van der Waals surface area contributed by atoms with Gasteiger partial charge < -0.3 is 19.9 Å². The first kappa shape index (κ1) is 27.6. The summed E-state index contributed by atoms with van der Waals surface area (Å²) in [6.07, 6.45) is 3.94. The van der Waals surface area contributed by atoms with Crippen molar-refractivity contribution in [2.45, 2.75) is 44.7 Å². The van der Waals surface area contributed by atoms with Crippen molar-refractivity contribution in [1.82, 2.24) is 19.8 Å². The highest BCUT2D eigenvalue weighted by Gasteiger charge is 2.35. The van der Waals surface area contributed by atoms with Crippen molar-refractivity contribution in [1.29, 1.82) is 0 Å². The minimum Gasteiger partial charge on any atom is -0.372 e. The molecule has 3 heterocycles. The van der Waals surface area contributed by atoms with Gasteiger partial charge in [-0.15, -0.1) is 11.3 Å². The summed E-state index contributed by atoms with van der Waals surface area (Å²) in [4.78, 5) is 41.5. The number of likely N-dealkylation sites (tertiary alicyclic amines) is 2. The molecular weight excluding hydrogens is 516 g/mol. The van der Waals surface area contributed by atoms with E-state index in [4.69, 9.17) is 16.3 Å². The number of amides is 3. The van der Waals surface area contributed by atoms with Crippen LogP contribution in [0.15, 0.2) is 17.5 Å². The van der Waals surface area contributed by atoms with Crippen LogP contribution in [0.25, 0.3) is 6.08 Å². The SMILES string of the molecule is CCOCC(=O)NC[C@H]1CCCN1C(=O)CN1CCC[C@H](NS(=O)(=O)/C=C/c2ccc(Cl)s2)C1=O. The number of nitrogens with zero attached hydrogens (tertiary/aromatic N) is 2. The van der Waals surface area contributed by atoms with Crippen molar-refractivity contribution in [3.05, 3.63) is 26.8 Å². The fourth-order valence-electron chi connectivity index (χ4n) is 4.13. The first-order chi connectivity index (χ1) is 16.7. The molecule has 0 unspecified atom stereocenters. The third kappa shape index (κ3) is 8.28. The normalized spacial score (nSPS) is 21.1. The Morgan fingerprint density at radius 2 is 2.03 bits per heavy atom. The molecule has 3 amide bonds. The van der Waals surface area contributed by atoms with Gasteiger partial charge in [-0.1, -0.05) is 11.6 Å². The van der Waals surface area contributed by atoms with Gasteiger partial charge in [-0.2, -0.15) is 4.72 Å². The van der Waals surface area contributed by atoms with Crippen LogP contribution in [0.1, 0.15) is 37.5 Å². The van der Waals surface area contributed by atoms with Crippen LogP contribution >= 0.6 is 22.9 Å². The van der Waals surface area contributed by atoms with Gasteiger partial charge in [0.25, 0.3) is 0 Å². The minimum absolute atomic E-state index is 0.0208. The zero-order valence-electron chi connectivity index (χ0n) is 19.6. The van der Waals surface area contributed by atoms with Gasteiger partial charge in [0.05, 0.1) is 10.9 Å². The topological polar surface area (TPSA) is 125 Å². The third-order valence-electron chi connectivity index (χ3n) is 5.84. The van der Waals surface area contributed by atoms with Crippen LogP contribution in [0.4, 0.5) is 0 Å². The van der Waals surface area contributed by atoms with E-state index >= 15 is 0 Å². The predicted molar refractivity (Wildman–Crippen MR) is 134 cm³/mol.